The molecule has 9 heteroatoms. The van der Waals surface area contributed by atoms with Crippen LogP contribution in [0.4, 0.5) is 19.0 Å². The standard InChI is InChI=1S/C15H17ClF3N5/c1-3-4-7-24-14(16)12(10(2)23-24)9-21-22-13-6-5-11(8-20-13)15(17,18)19/h5-6,8-9H,3-4,7H2,1-2H3,(H,20,22)/b21-9-. The SMILES string of the molecule is CCCCn1nc(C)c(/C=N\Nc2ccc(C(F)(F)F)cn2)c1Cl. The molecule has 0 bridgehead atoms. The van der Waals surface area contributed by atoms with Gasteiger partial charge in [0, 0.05) is 12.7 Å². The minimum atomic E-state index is -4.41. The lowest BCUT2D eigenvalue weighted by molar-refractivity contribution is -0.137. The molecule has 0 aliphatic rings. The molecule has 0 radical (unpaired) electrons. The second kappa shape index (κ2) is 7.65. The highest BCUT2D eigenvalue weighted by Gasteiger charge is 2.30. The van der Waals surface area contributed by atoms with Gasteiger partial charge in [0.05, 0.1) is 23.0 Å². The van der Waals surface area contributed by atoms with Gasteiger partial charge < -0.3 is 0 Å². The number of hydrogen-bond acceptors (Lipinski definition) is 4. The summed E-state index contributed by atoms with van der Waals surface area (Å²) in [6, 6.07) is 2.14. The first kappa shape index (κ1) is 18.3. The zero-order valence-corrected chi connectivity index (χ0v) is 14.0. The van der Waals surface area contributed by atoms with Crippen LogP contribution in [0.1, 0.15) is 36.6 Å². The number of nitrogens with one attached hydrogen (secondary N) is 1. The van der Waals surface area contributed by atoms with Crippen molar-refractivity contribution in [1.29, 1.82) is 0 Å². The summed E-state index contributed by atoms with van der Waals surface area (Å²) in [4.78, 5) is 3.67. The van der Waals surface area contributed by atoms with E-state index in [0.717, 1.165) is 37.3 Å². The van der Waals surface area contributed by atoms with E-state index in [1.54, 1.807) is 4.68 Å². The van der Waals surface area contributed by atoms with Gasteiger partial charge in [0.15, 0.2) is 0 Å². The summed E-state index contributed by atoms with van der Waals surface area (Å²) >= 11 is 6.26. The highest BCUT2D eigenvalue weighted by atomic mass is 35.5. The number of halogens is 4. The molecule has 2 aromatic heterocycles. The Hall–Kier alpha value is -2.09. The number of alkyl halides is 3. The summed E-state index contributed by atoms with van der Waals surface area (Å²) in [5.41, 5.74) is 3.15. The van der Waals surface area contributed by atoms with Crippen LogP contribution in [0.25, 0.3) is 0 Å². The molecule has 0 amide bonds. The van der Waals surface area contributed by atoms with Gasteiger partial charge in [0.2, 0.25) is 0 Å². The number of unbranched alkanes of at least 4 members (excludes halogenated alkanes) is 1. The molecular formula is C15H17ClF3N5. The highest BCUT2D eigenvalue weighted by Crippen LogP contribution is 2.28. The van der Waals surface area contributed by atoms with E-state index >= 15 is 0 Å². The fourth-order valence-corrected chi connectivity index (χ4v) is 2.27. The topological polar surface area (TPSA) is 55.1 Å². The van der Waals surface area contributed by atoms with Crippen molar-refractivity contribution in [2.75, 3.05) is 5.43 Å². The third kappa shape index (κ3) is 4.47. The van der Waals surface area contributed by atoms with Crippen LogP contribution in [0.15, 0.2) is 23.4 Å². The van der Waals surface area contributed by atoms with Crippen molar-refractivity contribution in [1.82, 2.24) is 14.8 Å². The Kier molecular flexibility index (Phi) is 5.82. The van der Waals surface area contributed by atoms with Crippen molar-refractivity contribution < 1.29 is 13.2 Å². The maximum absolute atomic E-state index is 12.5. The molecule has 0 spiro atoms. The van der Waals surface area contributed by atoms with Crippen molar-refractivity contribution in [3.8, 4) is 0 Å². The van der Waals surface area contributed by atoms with Crippen LogP contribution in [0.5, 0.6) is 0 Å². The quantitative estimate of drug-likeness (QED) is 0.610. The molecule has 1 N–H and O–H groups in total. The minimum absolute atomic E-state index is 0.200. The maximum Gasteiger partial charge on any atom is 0.417 e. The molecule has 0 aliphatic carbocycles. The molecule has 0 aromatic carbocycles. The van der Waals surface area contributed by atoms with E-state index in [1.807, 2.05) is 6.92 Å². The van der Waals surface area contributed by atoms with Gasteiger partial charge in [0.25, 0.3) is 0 Å². The van der Waals surface area contributed by atoms with Crippen molar-refractivity contribution in [3.05, 3.63) is 40.3 Å². The first-order chi connectivity index (χ1) is 11.3. The second-order valence-corrected chi connectivity index (χ2v) is 5.52. The van der Waals surface area contributed by atoms with E-state index in [2.05, 4.69) is 27.5 Å². The molecule has 0 aliphatic heterocycles. The molecule has 2 aromatic rings. The molecular weight excluding hydrogens is 343 g/mol. The molecule has 0 atom stereocenters. The lowest BCUT2D eigenvalue weighted by Gasteiger charge is -2.06. The lowest BCUT2D eigenvalue weighted by atomic mass is 10.3. The minimum Gasteiger partial charge on any atom is -0.261 e. The Bertz CT molecular complexity index is 707. The van der Waals surface area contributed by atoms with Crippen LogP contribution in [0, 0.1) is 6.92 Å². The molecule has 5 nitrogen and oxygen atoms in total. The smallest absolute Gasteiger partial charge is 0.261 e. The number of aryl methyl sites for hydroxylation is 2. The molecule has 0 unspecified atom stereocenters. The third-order valence-corrected chi connectivity index (χ3v) is 3.70. The Labute approximate surface area is 142 Å². The van der Waals surface area contributed by atoms with Gasteiger partial charge in [-0.1, -0.05) is 24.9 Å². The van der Waals surface area contributed by atoms with Gasteiger partial charge in [-0.15, -0.1) is 0 Å². The van der Waals surface area contributed by atoms with E-state index in [0.29, 0.717) is 10.7 Å². The number of nitrogens with zero attached hydrogens (tertiary/aromatic N) is 4. The van der Waals surface area contributed by atoms with Crippen molar-refractivity contribution >= 4 is 23.6 Å². The van der Waals surface area contributed by atoms with Gasteiger partial charge in [-0.05, 0) is 25.5 Å². The number of hydrazone groups is 1. The number of rotatable bonds is 6. The molecule has 0 saturated carbocycles. The first-order valence-electron chi connectivity index (χ1n) is 7.38. The molecule has 0 saturated heterocycles. The van der Waals surface area contributed by atoms with Crippen LogP contribution in [-0.4, -0.2) is 21.0 Å². The first-order valence-corrected chi connectivity index (χ1v) is 7.76. The number of anilines is 1. The Morgan fingerprint density at radius 2 is 2.12 bits per heavy atom. The second-order valence-electron chi connectivity index (χ2n) is 5.17. The largest absolute Gasteiger partial charge is 0.417 e. The van der Waals surface area contributed by atoms with Gasteiger partial charge in [-0.3, -0.25) is 10.1 Å². The normalized spacial score (nSPS) is 12.1. The maximum atomic E-state index is 12.5. The number of aromatic nitrogens is 3. The summed E-state index contributed by atoms with van der Waals surface area (Å²) in [6.45, 7) is 4.61. The van der Waals surface area contributed by atoms with Gasteiger partial charge in [-0.2, -0.15) is 23.4 Å². The predicted octanol–water partition coefficient (Wildman–Crippen LogP) is 4.50. The van der Waals surface area contributed by atoms with Gasteiger partial charge in [-0.25, -0.2) is 4.98 Å². The Balaban J connectivity index is 2.05. The molecule has 2 rings (SSSR count). The van der Waals surface area contributed by atoms with E-state index in [9.17, 15) is 13.2 Å². The monoisotopic (exact) mass is 359 g/mol. The lowest BCUT2D eigenvalue weighted by Crippen LogP contribution is -2.05. The number of pyridine rings is 1. The third-order valence-electron chi connectivity index (χ3n) is 3.30. The average molecular weight is 360 g/mol. The predicted molar refractivity (Wildman–Crippen MR) is 87.3 cm³/mol. The summed E-state index contributed by atoms with van der Waals surface area (Å²) in [6.07, 6.45) is -0.192. The zero-order valence-electron chi connectivity index (χ0n) is 13.2. The van der Waals surface area contributed by atoms with Crippen molar-refractivity contribution in [2.24, 2.45) is 5.10 Å². The fourth-order valence-electron chi connectivity index (χ4n) is 1.96. The highest BCUT2D eigenvalue weighted by molar-refractivity contribution is 6.32. The summed E-state index contributed by atoms with van der Waals surface area (Å²) in [7, 11) is 0. The Morgan fingerprint density at radius 1 is 1.38 bits per heavy atom. The summed E-state index contributed by atoms with van der Waals surface area (Å²) in [5, 5.41) is 8.78. The summed E-state index contributed by atoms with van der Waals surface area (Å²) < 4.78 is 39.1. The van der Waals surface area contributed by atoms with E-state index in [-0.39, 0.29) is 5.82 Å². The van der Waals surface area contributed by atoms with Crippen LogP contribution < -0.4 is 5.43 Å². The molecule has 0 fully saturated rings. The molecule has 2 heterocycles. The van der Waals surface area contributed by atoms with Gasteiger partial charge in [0.1, 0.15) is 11.0 Å². The van der Waals surface area contributed by atoms with Crippen LogP contribution >= 0.6 is 11.6 Å². The van der Waals surface area contributed by atoms with E-state index < -0.39 is 11.7 Å². The van der Waals surface area contributed by atoms with E-state index in [1.165, 1.54) is 12.3 Å². The van der Waals surface area contributed by atoms with E-state index in [4.69, 9.17) is 11.6 Å². The average Bonchev–Trinajstić information content (AvgIpc) is 2.80. The van der Waals surface area contributed by atoms with Crippen LogP contribution in [0.3, 0.4) is 0 Å². The zero-order chi connectivity index (χ0) is 17.7. The molecule has 130 valence electrons. The van der Waals surface area contributed by atoms with Crippen molar-refractivity contribution in [3.63, 3.8) is 0 Å². The van der Waals surface area contributed by atoms with Crippen molar-refractivity contribution in [2.45, 2.75) is 39.4 Å². The fraction of sp³-hybridized carbons (Fsp3) is 0.400. The number of hydrogen-bond donors (Lipinski definition) is 1. The van der Waals surface area contributed by atoms with Crippen LogP contribution in [0.2, 0.25) is 5.15 Å². The van der Waals surface area contributed by atoms with Gasteiger partial charge >= 0.3 is 6.18 Å². The van der Waals surface area contributed by atoms with Crippen LogP contribution in [-0.2, 0) is 12.7 Å². The molecule has 24 heavy (non-hydrogen) atoms. The summed E-state index contributed by atoms with van der Waals surface area (Å²) in [5.74, 6) is 0.200. The Morgan fingerprint density at radius 3 is 2.71 bits per heavy atom.